The molecule has 2 heterocycles. The first-order valence-electron chi connectivity index (χ1n) is 6.00. The molecule has 0 spiro atoms. The van der Waals surface area contributed by atoms with Gasteiger partial charge in [0.2, 0.25) is 10.0 Å². The number of nitrogens with two attached hydrogens (primary N) is 1. The first kappa shape index (κ1) is 15.0. The fourth-order valence-corrected chi connectivity index (χ4v) is 4.55. The Bertz CT molecular complexity index is 535. The Kier molecular flexibility index (Phi) is 4.67. The molecule has 1 saturated heterocycles. The van der Waals surface area contributed by atoms with E-state index in [4.69, 9.17) is 14.9 Å². The van der Waals surface area contributed by atoms with Crippen molar-refractivity contribution in [3.05, 3.63) is 16.5 Å². The number of hydrogen-bond acceptors (Lipinski definition) is 5. The van der Waals surface area contributed by atoms with Crippen molar-refractivity contribution >= 4 is 26.0 Å². The molecular weight excluding hydrogens is 336 g/mol. The van der Waals surface area contributed by atoms with E-state index >= 15 is 0 Å². The summed E-state index contributed by atoms with van der Waals surface area (Å²) in [6.07, 6.45) is 1.54. The number of hydrogen-bond donors (Lipinski definition) is 1. The van der Waals surface area contributed by atoms with E-state index in [-0.39, 0.29) is 22.2 Å². The lowest BCUT2D eigenvalue weighted by molar-refractivity contribution is 0.0604. The fourth-order valence-electron chi connectivity index (χ4n) is 2.12. The Balaban J connectivity index is 2.20. The lowest BCUT2D eigenvalue weighted by atomic mass is 10.1. The van der Waals surface area contributed by atoms with Crippen LogP contribution >= 0.6 is 15.9 Å². The molecule has 0 radical (unpaired) electrons. The molecule has 0 unspecified atom stereocenters. The van der Waals surface area contributed by atoms with Gasteiger partial charge in [-0.25, -0.2) is 8.42 Å². The van der Waals surface area contributed by atoms with Gasteiger partial charge >= 0.3 is 0 Å². The molecule has 0 atom stereocenters. The Morgan fingerprint density at radius 3 is 2.63 bits per heavy atom. The molecule has 2 N–H and O–H groups in total. The zero-order chi connectivity index (χ0) is 14.0. The number of ether oxygens (including phenoxy) is 1. The summed E-state index contributed by atoms with van der Waals surface area (Å²) in [6.45, 7) is 1.08. The number of sulfonamides is 1. The van der Waals surface area contributed by atoms with Crippen molar-refractivity contribution in [2.75, 3.05) is 20.2 Å². The van der Waals surface area contributed by atoms with Gasteiger partial charge in [0.15, 0.2) is 4.67 Å². The minimum absolute atomic E-state index is 0.138. The van der Waals surface area contributed by atoms with Gasteiger partial charge in [0, 0.05) is 26.3 Å². The standard InChI is InChI=1S/C11H17BrN2O4S/c1-17-8-2-4-14(5-3-8)19(15,16)10-6-9(7-13)18-11(10)12/h6,8H,2-5,7,13H2,1H3. The molecule has 19 heavy (non-hydrogen) atoms. The maximum Gasteiger partial charge on any atom is 0.247 e. The van der Waals surface area contributed by atoms with Gasteiger partial charge in [-0.05, 0) is 28.8 Å². The number of nitrogens with zero attached hydrogens (tertiary/aromatic N) is 1. The number of piperidine rings is 1. The first-order valence-corrected chi connectivity index (χ1v) is 8.23. The van der Waals surface area contributed by atoms with Gasteiger partial charge in [0.25, 0.3) is 0 Å². The monoisotopic (exact) mass is 352 g/mol. The molecule has 6 nitrogen and oxygen atoms in total. The number of halogens is 1. The van der Waals surface area contributed by atoms with E-state index in [1.165, 1.54) is 10.4 Å². The SMILES string of the molecule is COC1CCN(S(=O)(=O)c2cc(CN)oc2Br)CC1. The van der Waals surface area contributed by atoms with Crippen LogP contribution < -0.4 is 5.73 Å². The molecular formula is C11H17BrN2O4S. The minimum atomic E-state index is -3.53. The van der Waals surface area contributed by atoms with Crippen molar-refractivity contribution in [3.63, 3.8) is 0 Å². The number of furan rings is 1. The topological polar surface area (TPSA) is 85.8 Å². The largest absolute Gasteiger partial charge is 0.452 e. The van der Waals surface area contributed by atoms with E-state index in [9.17, 15) is 8.42 Å². The second-order valence-electron chi connectivity index (χ2n) is 4.39. The van der Waals surface area contributed by atoms with Crippen LogP contribution in [-0.2, 0) is 21.3 Å². The Morgan fingerprint density at radius 1 is 1.53 bits per heavy atom. The Morgan fingerprint density at radius 2 is 2.16 bits per heavy atom. The molecule has 2 rings (SSSR count). The van der Waals surface area contributed by atoms with Crippen LogP contribution in [0.3, 0.4) is 0 Å². The normalized spacial score (nSPS) is 18.9. The van der Waals surface area contributed by atoms with E-state index < -0.39 is 10.0 Å². The average Bonchev–Trinajstić information content (AvgIpc) is 2.81. The third-order valence-electron chi connectivity index (χ3n) is 3.26. The predicted molar refractivity (Wildman–Crippen MR) is 73.1 cm³/mol. The molecule has 1 aromatic heterocycles. The highest BCUT2D eigenvalue weighted by molar-refractivity contribution is 9.10. The van der Waals surface area contributed by atoms with Crippen molar-refractivity contribution in [1.82, 2.24) is 4.31 Å². The predicted octanol–water partition coefficient (Wildman–Crippen LogP) is 1.30. The van der Waals surface area contributed by atoms with E-state index in [2.05, 4.69) is 15.9 Å². The van der Waals surface area contributed by atoms with Crippen molar-refractivity contribution in [2.45, 2.75) is 30.4 Å². The average molecular weight is 353 g/mol. The van der Waals surface area contributed by atoms with Gasteiger partial charge in [0.05, 0.1) is 12.6 Å². The van der Waals surface area contributed by atoms with Gasteiger partial charge in [0.1, 0.15) is 10.7 Å². The van der Waals surface area contributed by atoms with Gasteiger partial charge in [-0.2, -0.15) is 4.31 Å². The quantitative estimate of drug-likeness (QED) is 0.882. The summed E-state index contributed by atoms with van der Waals surface area (Å²) in [5.74, 6) is 0.442. The molecule has 1 fully saturated rings. The molecule has 0 saturated carbocycles. The van der Waals surface area contributed by atoms with Crippen molar-refractivity contribution in [2.24, 2.45) is 5.73 Å². The second kappa shape index (κ2) is 5.92. The van der Waals surface area contributed by atoms with Crippen LogP contribution in [0.5, 0.6) is 0 Å². The minimum Gasteiger partial charge on any atom is -0.452 e. The summed E-state index contributed by atoms with van der Waals surface area (Å²) in [5.41, 5.74) is 5.45. The van der Waals surface area contributed by atoms with E-state index in [0.717, 1.165) is 0 Å². The van der Waals surface area contributed by atoms with Crippen LogP contribution in [0.1, 0.15) is 18.6 Å². The highest BCUT2D eigenvalue weighted by atomic mass is 79.9. The van der Waals surface area contributed by atoms with Crippen molar-refractivity contribution in [1.29, 1.82) is 0 Å². The van der Waals surface area contributed by atoms with Crippen LogP contribution in [0.4, 0.5) is 0 Å². The highest BCUT2D eigenvalue weighted by Gasteiger charge is 2.32. The van der Waals surface area contributed by atoms with E-state index in [0.29, 0.717) is 31.7 Å². The summed E-state index contributed by atoms with van der Waals surface area (Å²) in [6, 6.07) is 1.47. The van der Waals surface area contributed by atoms with E-state index in [1.807, 2.05) is 0 Å². The van der Waals surface area contributed by atoms with Crippen LogP contribution in [0.2, 0.25) is 0 Å². The van der Waals surface area contributed by atoms with Crippen LogP contribution in [-0.4, -0.2) is 39.0 Å². The molecule has 1 aliphatic heterocycles. The molecule has 0 bridgehead atoms. The number of methoxy groups -OCH3 is 1. The molecule has 8 heteroatoms. The third-order valence-corrected chi connectivity index (χ3v) is 6.02. The molecule has 108 valence electrons. The van der Waals surface area contributed by atoms with Crippen molar-refractivity contribution < 1.29 is 17.6 Å². The maximum absolute atomic E-state index is 12.5. The van der Waals surface area contributed by atoms with Crippen LogP contribution in [0, 0.1) is 0 Å². The molecule has 1 aromatic rings. The lowest BCUT2D eigenvalue weighted by Crippen LogP contribution is -2.40. The van der Waals surface area contributed by atoms with Crippen molar-refractivity contribution in [3.8, 4) is 0 Å². The van der Waals surface area contributed by atoms with Gasteiger partial charge in [-0.15, -0.1) is 0 Å². The molecule has 0 amide bonds. The van der Waals surface area contributed by atoms with Gasteiger partial charge in [-0.1, -0.05) is 0 Å². The zero-order valence-corrected chi connectivity index (χ0v) is 13.0. The first-order chi connectivity index (χ1) is 8.98. The fraction of sp³-hybridized carbons (Fsp3) is 0.636. The Labute approximate surface area is 121 Å². The summed E-state index contributed by atoms with van der Waals surface area (Å²) in [7, 11) is -1.88. The summed E-state index contributed by atoms with van der Waals surface area (Å²) in [4.78, 5) is 0.142. The lowest BCUT2D eigenvalue weighted by Gasteiger charge is -2.30. The molecule has 1 aliphatic rings. The number of rotatable bonds is 4. The summed E-state index contributed by atoms with van der Waals surface area (Å²) >= 11 is 3.13. The summed E-state index contributed by atoms with van der Waals surface area (Å²) in [5, 5.41) is 0. The van der Waals surface area contributed by atoms with Crippen LogP contribution in [0.25, 0.3) is 0 Å². The molecule has 0 aromatic carbocycles. The third kappa shape index (κ3) is 3.03. The second-order valence-corrected chi connectivity index (χ2v) is 7.02. The molecule has 0 aliphatic carbocycles. The smallest absolute Gasteiger partial charge is 0.247 e. The van der Waals surface area contributed by atoms with Gasteiger partial charge in [-0.3, -0.25) is 0 Å². The van der Waals surface area contributed by atoms with Gasteiger partial charge < -0.3 is 14.9 Å². The zero-order valence-electron chi connectivity index (χ0n) is 10.6. The maximum atomic E-state index is 12.5. The summed E-state index contributed by atoms with van der Waals surface area (Å²) < 4.78 is 37.1. The Hall–Kier alpha value is -0.410. The van der Waals surface area contributed by atoms with Crippen LogP contribution in [0.15, 0.2) is 20.0 Å². The van der Waals surface area contributed by atoms with E-state index in [1.54, 1.807) is 7.11 Å². The highest BCUT2D eigenvalue weighted by Crippen LogP contribution is 2.30.